The van der Waals surface area contributed by atoms with Crippen LogP contribution in [-0.2, 0) is 42.8 Å². The third-order valence-corrected chi connectivity index (χ3v) is 6.36. The van der Waals surface area contributed by atoms with Crippen LogP contribution in [0.1, 0.15) is 41.5 Å². The van der Waals surface area contributed by atoms with E-state index in [0.717, 1.165) is 0 Å². The summed E-state index contributed by atoms with van der Waals surface area (Å²) in [5, 5.41) is 3.87. The summed E-state index contributed by atoms with van der Waals surface area (Å²) in [6, 6.07) is -0.726. The first-order valence-corrected chi connectivity index (χ1v) is 10.9. The van der Waals surface area contributed by atoms with E-state index in [4.69, 9.17) is 34.0 Å². The van der Waals surface area contributed by atoms with Crippen LogP contribution >= 0.6 is 0 Å². The summed E-state index contributed by atoms with van der Waals surface area (Å²) in [4.78, 5) is 38.3. The largest absolute Gasteiger partial charge is 0.467 e. The van der Waals surface area contributed by atoms with Crippen LogP contribution in [0.25, 0.3) is 10.4 Å². The van der Waals surface area contributed by atoms with E-state index in [9.17, 15) is 14.4 Å². The van der Waals surface area contributed by atoms with Crippen molar-refractivity contribution in [2.45, 2.75) is 84.4 Å². The zero-order chi connectivity index (χ0) is 24.9. The average Bonchev–Trinajstić information content (AvgIpc) is 2.75. The number of esters is 3. The minimum atomic E-state index is -1.12. The smallest absolute Gasteiger partial charge is 0.337 e. The number of hydrogen-bond acceptors (Lipinski definition) is 10. The van der Waals surface area contributed by atoms with E-state index in [-0.39, 0.29) is 18.4 Å². The number of azide groups is 1. The summed E-state index contributed by atoms with van der Waals surface area (Å²) in [6.45, 7) is 9.81. The maximum atomic E-state index is 12.5. The Kier molecular flexibility index (Phi) is 9.47. The molecule has 0 aromatic heterocycles. The lowest BCUT2D eigenvalue weighted by atomic mass is 9.82. The second-order valence-corrected chi connectivity index (χ2v) is 8.58. The van der Waals surface area contributed by atoms with Gasteiger partial charge in [0.1, 0.15) is 18.8 Å². The van der Waals surface area contributed by atoms with Crippen LogP contribution in [0.5, 0.6) is 0 Å². The number of methoxy groups -OCH3 is 1. The molecule has 2 fully saturated rings. The highest BCUT2D eigenvalue weighted by Crippen LogP contribution is 2.38. The van der Waals surface area contributed by atoms with E-state index in [0.29, 0.717) is 0 Å². The summed E-state index contributed by atoms with van der Waals surface area (Å²) in [5.74, 6) is -2.41. The topological polar surface area (TPSA) is 155 Å². The molecule has 0 N–H and O–H groups in total. The van der Waals surface area contributed by atoms with Gasteiger partial charge in [-0.25, -0.2) is 4.79 Å². The molecule has 0 aliphatic carbocycles. The predicted octanol–water partition coefficient (Wildman–Crippen LogP) is 2.14. The van der Waals surface area contributed by atoms with Crippen LogP contribution < -0.4 is 0 Å². The molecule has 186 valence electrons. The van der Waals surface area contributed by atoms with Crippen LogP contribution in [0.2, 0.25) is 0 Å². The summed E-state index contributed by atoms with van der Waals surface area (Å²) >= 11 is 0. The third kappa shape index (κ3) is 6.35. The van der Waals surface area contributed by atoms with Crippen molar-refractivity contribution < 1.29 is 42.8 Å². The molecule has 2 heterocycles. The fourth-order valence-electron chi connectivity index (χ4n) is 4.32. The van der Waals surface area contributed by atoms with E-state index in [1.54, 1.807) is 13.8 Å². The van der Waals surface area contributed by atoms with Crippen LogP contribution in [0.3, 0.4) is 0 Å². The number of nitrogens with zero attached hydrogens (tertiary/aromatic N) is 3. The van der Waals surface area contributed by atoms with Gasteiger partial charge in [0, 0.05) is 24.7 Å². The Hall–Kier alpha value is -2.40. The van der Waals surface area contributed by atoms with Crippen LogP contribution in [0.15, 0.2) is 5.11 Å². The van der Waals surface area contributed by atoms with Crippen molar-refractivity contribution in [2.24, 2.45) is 22.9 Å². The number of carbonyl (C=O) groups excluding carboxylic acids is 3. The van der Waals surface area contributed by atoms with Crippen molar-refractivity contribution in [3.8, 4) is 0 Å². The average molecular weight is 472 g/mol. The molecule has 2 saturated heterocycles. The molecule has 2 aliphatic heterocycles. The number of hydrogen-bond donors (Lipinski definition) is 0. The number of rotatable bonds is 7. The summed E-state index contributed by atoms with van der Waals surface area (Å²) in [5.41, 5.74) is 9.12. The molecule has 2 aliphatic rings. The Bertz CT molecular complexity index is 772. The van der Waals surface area contributed by atoms with Gasteiger partial charge < -0.3 is 28.4 Å². The molecule has 33 heavy (non-hydrogen) atoms. The fourth-order valence-corrected chi connectivity index (χ4v) is 4.32. The summed E-state index contributed by atoms with van der Waals surface area (Å²) < 4.78 is 33.5. The molecule has 12 nitrogen and oxygen atoms in total. The molecule has 0 amide bonds. The standard InChI is InChI=1S/C21H33N3O9/c1-9-10(2)16(23-24-22)21(32-15(9)8-29-13(5)25)33-18-11(3)17(31-14(6)26)12(4)30-19(18)20(27)28-7/h9-12,15-19,21H,8H2,1-7H3/t9-,10-,11+,12-,15?,16?,17?,18-,19?,21+/m0/s1. The van der Waals surface area contributed by atoms with E-state index >= 15 is 0 Å². The second-order valence-electron chi connectivity index (χ2n) is 8.58. The van der Waals surface area contributed by atoms with Crippen molar-refractivity contribution in [2.75, 3.05) is 13.7 Å². The van der Waals surface area contributed by atoms with Gasteiger partial charge in [-0.3, -0.25) is 9.59 Å². The Morgan fingerprint density at radius 3 is 2.18 bits per heavy atom. The van der Waals surface area contributed by atoms with Crippen LogP contribution in [-0.4, -0.2) is 74.5 Å². The lowest BCUT2D eigenvalue weighted by molar-refractivity contribution is -0.295. The highest BCUT2D eigenvalue weighted by atomic mass is 16.7. The van der Waals surface area contributed by atoms with Crippen molar-refractivity contribution >= 4 is 17.9 Å². The maximum absolute atomic E-state index is 12.5. The quantitative estimate of drug-likeness (QED) is 0.178. The molecule has 0 bridgehead atoms. The van der Waals surface area contributed by atoms with Gasteiger partial charge in [0.25, 0.3) is 0 Å². The van der Waals surface area contributed by atoms with E-state index in [1.807, 2.05) is 13.8 Å². The maximum Gasteiger partial charge on any atom is 0.337 e. The molecule has 12 heteroatoms. The van der Waals surface area contributed by atoms with Crippen molar-refractivity contribution in [3.05, 3.63) is 10.4 Å². The lowest BCUT2D eigenvalue weighted by Crippen LogP contribution is -2.60. The van der Waals surface area contributed by atoms with Gasteiger partial charge in [0.05, 0.1) is 25.4 Å². The zero-order valence-corrected chi connectivity index (χ0v) is 20.0. The molecule has 2 rings (SSSR count). The first-order valence-electron chi connectivity index (χ1n) is 10.9. The molecular formula is C21H33N3O9. The minimum absolute atomic E-state index is 0.00601. The SMILES string of the molecule is COC(=O)C1O[C@@H](C)C(OC(C)=O)[C@@H](C)[C@@H]1O[C@H]1OC(COC(C)=O)[C@@H](C)[C@H](C)C1N=[N+]=[N-]. The number of carbonyl (C=O) groups is 3. The lowest BCUT2D eigenvalue weighted by Gasteiger charge is -2.47. The summed E-state index contributed by atoms with van der Waals surface area (Å²) in [6.07, 6.45) is -4.94. The van der Waals surface area contributed by atoms with Gasteiger partial charge in [0.15, 0.2) is 12.4 Å². The first kappa shape index (κ1) is 26.8. The molecule has 0 saturated carbocycles. The van der Waals surface area contributed by atoms with E-state index < -0.39 is 66.7 Å². The van der Waals surface area contributed by atoms with E-state index in [2.05, 4.69) is 10.0 Å². The molecule has 0 aromatic rings. The van der Waals surface area contributed by atoms with Gasteiger partial charge in [-0.1, -0.05) is 25.9 Å². The van der Waals surface area contributed by atoms with E-state index in [1.165, 1.54) is 21.0 Å². The fraction of sp³-hybridized carbons (Fsp3) is 0.857. The second kappa shape index (κ2) is 11.6. The molecular weight excluding hydrogens is 438 g/mol. The Labute approximate surface area is 192 Å². The van der Waals surface area contributed by atoms with Gasteiger partial charge in [-0.05, 0) is 24.3 Å². The molecule has 0 spiro atoms. The van der Waals surface area contributed by atoms with Gasteiger partial charge >= 0.3 is 17.9 Å². The highest BCUT2D eigenvalue weighted by Gasteiger charge is 2.51. The Morgan fingerprint density at radius 2 is 1.64 bits per heavy atom. The summed E-state index contributed by atoms with van der Waals surface area (Å²) in [7, 11) is 1.23. The Morgan fingerprint density at radius 1 is 0.970 bits per heavy atom. The van der Waals surface area contributed by atoms with Crippen molar-refractivity contribution in [1.82, 2.24) is 0 Å². The third-order valence-electron chi connectivity index (χ3n) is 6.36. The van der Waals surface area contributed by atoms with Crippen molar-refractivity contribution in [1.29, 1.82) is 0 Å². The van der Waals surface area contributed by atoms with Crippen molar-refractivity contribution in [3.63, 3.8) is 0 Å². The molecule has 10 atom stereocenters. The first-order chi connectivity index (χ1) is 15.5. The highest BCUT2D eigenvalue weighted by molar-refractivity contribution is 5.75. The van der Waals surface area contributed by atoms with Crippen LogP contribution in [0, 0.1) is 17.8 Å². The number of ether oxygens (including phenoxy) is 6. The minimum Gasteiger partial charge on any atom is -0.467 e. The van der Waals surface area contributed by atoms with Crippen LogP contribution in [0.4, 0.5) is 0 Å². The predicted molar refractivity (Wildman–Crippen MR) is 112 cm³/mol. The Balaban J connectivity index is 2.35. The molecule has 4 unspecified atom stereocenters. The monoisotopic (exact) mass is 471 g/mol. The van der Waals surface area contributed by atoms with Gasteiger partial charge in [0.2, 0.25) is 0 Å². The molecule has 0 radical (unpaired) electrons. The normalized spacial score (nSPS) is 38.5. The zero-order valence-electron chi connectivity index (χ0n) is 20.0. The van der Waals surface area contributed by atoms with Gasteiger partial charge in [-0.15, -0.1) is 0 Å². The van der Waals surface area contributed by atoms with Gasteiger partial charge in [-0.2, -0.15) is 0 Å². The molecule has 0 aromatic carbocycles.